The molecule has 1 atom stereocenters. The first kappa shape index (κ1) is 38.5. The van der Waals surface area contributed by atoms with Gasteiger partial charge in [-0.3, -0.25) is 13.9 Å². The van der Waals surface area contributed by atoms with Gasteiger partial charge in [0.1, 0.15) is 18.3 Å². The Morgan fingerprint density at radius 3 is 2.15 bits per heavy atom. The lowest BCUT2D eigenvalue weighted by atomic mass is 9.94. The average Bonchev–Trinajstić information content (AvgIpc) is 3.16. The molecule has 4 aromatic carbocycles. The van der Waals surface area contributed by atoms with Gasteiger partial charge in [0.05, 0.1) is 31.4 Å². The van der Waals surface area contributed by atoms with E-state index in [1.165, 1.54) is 37.3 Å². The molecular weight excluding hydrogens is 702 g/mol. The van der Waals surface area contributed by atoms with Crippen LogP contribution in [0.25, 0.3) is 0 Å². The van der Waals surface area contributed by atoms with Gasteiger partial charge < -0.3 is 24.4 Å². The van der Waals surface area contributed by atoms with Crippen molar-refractivity contribution in [3.8, 4) is 17.2 Å². The molecule has 2 amide bonds. The third-order valence-corrected chi connectivity index (χ3v) is 11.2. The predicted octanol–water partition coefficient (Wildman–Crippen LogP) is 7.04. The number of sulfonamides is 1. The number of anilines is 1. The number of amides is 2. The maximum atomic E-state index is 14.8. The zero-order valence-electron chi connectivity index (χ0n) is 29.8. The lowest BCUT2D eigenvalue weighted by molar-refractivity contribution is -0.140. The number of nitrogens with zero attached hydrogens (tertiary/aromatic N) is 2. The zero-order chi connectivity index (χ0) is 37.1. The third kappa shape index (κ3) is 9.77. The summed E-state index contributed by atoms with van der Waals surface area (Å²) in [5.41, 5.74) is 1.84. The molecule has 0 aliphatic heterocycles. The molecule has 10 nitrogen and oxygen atoms in total. The summed E-state index contributed by atoms with van der Waals surface area (Å²) in [6.45, 7) is 1.72. The summed E-state index contributed by atoms with van der Waals surface area (Å²) < 4.78 is 46.5. The zero-order valence-corrected chi connectivity index (χ0v) is 31.4. The minimum Gasteiger partial charge on any atom is -0.494 e. The van der Waals surface area contributed by atoms with Gasteiger partial charge in [0, 0.05) is 30.1 Å². The van der Waals surface area contributed by atoms with Gasteiger partial charge in [0.15, 0.2) is 11.5 Å². The molecule has 1 fully saturated rings. The summed E-state index contributed by atoms with van der Waals surface area (Å²) in [6.07, 6.45) is 5.12. The van der Waals surface area contributed by atoms with Crippen molar-refractivity contribution in [1.29, 1.82) is 0 Å². The molecule has 0 radical (unpaired) electrons. The van der Waals surface area contributed by atoms with Gasteiger partial charge in [-0.25, -0.2) is 8.42 Å². The van der Waals surface area contributed by atoms with Crippen molar-refractivity contribution in [3.63, 3.8) is 0 Å². The molecule has 1 aliphatic carbocycles. The van der Waals surface area contributed by atoms with Crippen LogP contribution in [0.2, 0.25) is 5.02 Å². The van der Waals surface area contributed by atoms with E-state index in [0.717, 1.165) is 47.5 Å². The molecule has 0 aromatic heterocycles. The molecule has 0 unspecified atom stereocenters. The van der Waals surface area contributed by atoms with E-state index >= 15 is 0 Å². The molecule has 276 valence electrons. The molecule has 52 heavy (non-hydrogen) atoms. The van der Waals surface area contributed by atoms with Crippen LogP contribution in [0.15, 0.2) is 102 Å². The fourth-order valence-electron chi connectivity index (χ4n) is 6.39. The Hall–Kier alpha value is -4.74. The molecule has 0 saturated heterocycles. The van der Waals surface area contributed by atoms with E-state index in [9.17, 15) is 18.0 Å². The second kappa shape index (κ2) is 18.1. The summed E-state index contributed by atoms with van der Waals surface area (Å²) in [6, 6.07) is 26.4. The van der Waals surface area contributed by atoms with E-state index in [-0.39, 0.29) is 41.2 Å². The number of rotatable bonds is 16. The highest BCUT2D eigenvalue weighted by Gasteiger charge is 2.36. The second-order valence-corrected chi connectivity index (χ2v) is 15.0. The first-order chi connectivity index (χ1) is 25.1. The number of hydrogen-bond donors (Lipinski definition) is 1. The highest BCUT2D eigenvalue weighted by Crippen LogP contribution is 2.33. The van der Waals surface area contributed by atoms with Crippen molar-refractivity contribution in [1.82, 2.24) is 10.2 Å². The van der Waals surface area contributed by atoms with E-state index in [1.807, 2.05) is 37.3 Å². The Morgan fingerprint density at radius 2 is 1.52 bits per heavy atom. The first-order valence-corrected chi connectivity index (χ1v) is 19.3. The Bertz CT molecular complexity index is 1880. The normalized spacial score (nSPS) is 13.8. The van der Waals surface area contributed by atoms with Gasteiger partial charge in [0.25, 0.3) is 10.0 Å². The Balaban J connectivity index is 1.58. The van der Waals surface area contributed by atoms with E-state index in [4.69, 9.17) is 25.8 Å². The molecule has 12 heteroatoms. The Labute approximate surface area is 311 Å². The highest BCUT2D eigenvalue weighted by atomic mass is 35.5. The smallest absolute Gasteiger partial charge is 0.264 e. The maximum Gasteiger partial charge on any atom is 0.264 e. The monoisotopic (exact) mass is 747 g/mol. The standard InChI is InChI=1S/C40H46ClN3O7S/c1-4-51-34-21-19-33(20-22-34)44(52(47,48)35-23-24-37(49-2)38(26-35)50-3)28-39(45)43(27-30-15-17-31(41)18-16-30)36(25-29-11-7-5-8-12-29)40(46)42-32-13-9-6-10-14-32/h5,7-8,11-12,15-24,26,32,36H,4,6,9-10,13-14,25,27-28H2,1-3H3,(H,42,46)/t36-/m0/s1. The van der Waals surface area contributed by atoms with Gasteiger partial charge >= 0.3 is 0 Å². The van der Waals surface area contributed by atoms with Crippen LogP contribution >= 0.6 is 11.6 Å². The van der Waals surface area contributed by atoms with E-state index < -0.39 is 28.5 Å². The Kier molecular flexibility index (Phi) is 13.4. The quantitative estimate of drug-likeness (QED) is 0.131. The summed E-state index contributed by atoms with van der Waals surface area (Å²) in [5.74, 6) is 0.272. The lowest BCUT2D eigenvalue weighted by Gasteiger charge is -2.35. The van der Waals surface area contributed by atoms with Gasteiger partial charge in [-0.05, 0) is 79.4 Å². The summed E-state index contributed by atoms with van der Waals surface area (Å²) in [7, 11) is -1.50. The van der Waals surface area contributed by atoms with Crippen molar-refractivity contribution in [2.24, 2.45) is 0 Å². The number of nitrogens with one attached hydrogen (secondary N) is 1. The van der Waals surface area contributed by atoms with Crippen LogP contribution in [-0.2, 0) is 32.6 Å². The molecule has 0 spiro atoms. The van der Waals surface area contributed by atoms with Crippen LogP contribution < -0.4 is 23.8 Å². The number of carbonyl (C=O) groups excluding carboxylic acids is 2. The number of halogens is 1. The highest BCUT2D eigenvalue weighted by molar-refractivity contribution is 7.92. The van der Waals surface area contributed by atoms with Crippen molar-refractivity contribution >= 4 is 39.1 Å². The number of ether oxygens (including phenoxy) is 3. The van der Waals surface area contributed by atoms with Crippen LogP contribution in [0.1, 0.15) is 50.2 Å². The van der Waals surface area contributed by atoms with Crippen LogP contribution in [0, 0.1) is 0 Å². The molecule has 1 N–H and O–H groups in total. The van der Waals surface area contributed by atoms with E-state index in [0.29, 0.717) is 23.1 Å². The molecule has 1 saturated carbocycles. The summed E-state index contributed by atoms with van der Waals surface area (Å²) in [4.78, 5) is 30.5. The first-order valence-electron chi connectivity index (χ1n) is 17.5. The van der Waals surface area contributed by atoms with Crippen LogP contribution in [0.3, 0.4) is 0 Å². The van der Waals surface area contributed by atoms with Crippen molar-refractivity contribution in [2.45, 2.75) is 69.0 Å². The maximum absolute atomic E-state index is 14.8. The fraction of sp³-hybridized carbons (Fsp3) is 0.350. The second-order valence-electron chi connectivity index (χ2n) is 12.7. The third-order valence-electron chi connectivity index (χ3n) is 9.15. The topological polar surface area (TPSA) is 114 Å². The average molecular weight is 748 g/mol. The summed E-state index contributed by atoms with van der Waals surface area (Å²) >= 11 is 6.21. The molecular formula is C40H46ClN3O7S. The van der Waals surface area contributed by atoms with Crippen molar-refractivity contribution < 1.29 is 32.2 Å². The fourth-order valence-corrected chi connectivity index (χ4v) is 7.95. The lowest BCUT2D eigenvalue weighted by Crippen LogP contribution is -2.55. The minimum absolute atomic E-state index is 0.00205. The van der Waals surface area contributed by atoms with Gasteiger partial charge in [-0.15, -0.1) is 0 Å². The number of methoxy groups -OCH3 is 2. The van der Waals surface area contributed by atoms with Gasteiger partial charge in [0.2, 0.25) is 11.8 Å². The van der Waals surface area contributed by atoms with Gasteiger partial charge in [-0.1, -0.05) is 73.3 Å². The molecule has 1 aliphatic rings. The minimum atomic E-state index is -4.38. The summed E-state index contributed by atoms with van der Waals surface area (Å²) in [5, 5.41) is 3.75. The molecule has 0 heterocycles. The van der Waals surface area contributed by atoms with E-state index in [1.54, 1.807) is 48.5 Å². The predicted molar refractivity (Wildman–Crippen MR) is 203 cm³/mol. The largest absolute Gasteiger partial charge is 0.494 e. The van der Waals surface area contributed by atoms with Crippen LogP contribution in [-0.4, -0.2) is 64.6 Å². The molecule has 5 rings (SSSR count). The number of hydrogen-bond acceptors (Lipinski definition) is 7. The molecule has 4 aromatic rings. The van der Waals surface area contributed by atoms with Crippen LogP contribution in [0.4, 0.5) is 5.69 Å². The number of carbonyl (C=O) groups is 2. The number of benzene rings is 4. The molecule has 0 bridgehead atoms. The van der Waals surface area contributed by atoms with Crippen LogP contribution in [0.5, 0.6) is 17.2 Å². The van der Waals surface area contributed by atoms with Gasteiger partial charge in [-0.2, -0.15) is 0 Å². The van der Waals surface area contributed by atoms with Crippen molar-refractivity contribution in [2.75, 3.05) is 31.7 Å². The van der Waals surface area contributed by atoms with E-state index in [2.05, 4.69) is 5.32 Å². The SMILES string of the molecule is CCOc1ccc(N(CC(=O)N(Cc2ccc(Cl)cc2)[C@@H](Cc2ccccc2)C(=O)NC2CCCCC2)S(=O)(=O)c2ccc(OC)c(OC)c2)cc1. The Morgan fingerprint density at radius 1 is 0.846 bits per heavy atom. The van der Waals surface area contributed by atoms with Crippen molar-refractivity contribution in [3.05, 3.63) is 113 Å².